The van der Waals surface area contributed by atoms with Gasteiger partial charge in [0.05, 0.1) is 4.90 Å². The van der Waals surface area contributed by atoms with Crippen molar-refractivity contribution in [2.45, 2.75) is 55.8 Å². The molecule has 0 spiro atoms. The van der Waals surface area contributed by atoms with Gasteiger partial charge in [0.15, 0.2) is 0 Å². The lowest BCUT2D eigenvalue weighted by Crippen LogP contribution is -2.37. The molecule has 4 nitrogen and oxygen atoms in total. The number of thiophene rings is 1. The van der Waals surface area contributed by atoms with Gasteiger partial charge in [-0.15, -0.1) is 11.3 Å². The third-order valence-corrected chi connectivity index (χ3v) is 7.68. The van der Waals surface area contributed by atoms with E-state index in [9.17, 15) is 8.42 Å². The summed E-state index contributed by atoms with van der Waals surface area (Å²) in [6.45, 7) is 7.35. The molecule has 2 N–H and O–H groups in total. The van der Waals surface area contributed by atoms with Gasteiger partial charge in [-0.1, -0.05) is 13.8 Å². The van der Waals surface area contributed by atoms with Crippen LogP contribution in [-0.4, -0.2) is 31.5 Å². The van der Waals surface area contributed by atoms with E-state index in [2.05, 4.69) is 30.8 Å². The second-order valence-corrected chi connectivity index (χ2v) is 10.4. The van der Waals surface area contributed by atoms with Gasteiger partial charge in [-0.3, -0.25) is 0 Å². The van der Waals surface area contributed by atoms with Crippen LogP contribution in [0.5, 0.6) is 0 Å². The van der Waals surface area contributed by atoms with Crippen LogP contribution in [-0.2, 0) is 16.6 Å². The number of nitrogens with one attached hydrogen (secondary N) is 2. The molecule has 0 aromatic carbocycles. The number of sulfonamides is 1. The van der Waals surface area contributed by atoms with E-state index in [1.54, 1.807) is 6.07 Å². The van der Waals surface area contributed by atoms with Crippen LogP contribution < -0.4 is 10.0 Å². The van der Waals surface area contributed by atoms with Crippen molar-refractivity contribution >= 4 is 33.1 Å². The van der Waals surface area contributed by atoms with E-state index in [0.717, 1.165) is 17.1 Å². The number of hydrogen-bond donors (Lipinski definition) is 2. The largest absolute Gasteiger partial charge is 0.310 e. The quantitative estimate of drug-likeness (QED) is 0.795. The smallest absolute Gasteiger partial charge is 0.241 e. The van der Waals surface area contributed by atoms with Gasteiger partial charge in [0.2, 0.25) is 10.0 Å². The average molecular weight is 349 g/mol. The van der Waals surface area contributed by atoms with Crippen molar-refractivity contribution in [1.82, 2.24) is 10.0 Å². The molecule has 0 aliphatic carbocycles. The lowest BCUT2D eigenvalue weighted by atomic mass is 10.1. The number of rotatable bonds is 7. The van der Waals surface area contributed by atoms with E-state index < -0.39 is 10.0 Å². The summed E-state index contributed by atoms with van der Waals surface area (Å²) in [5.74, 6) is 1.13. The summed E-state index contributed by atoms with van der Waals surface area (Å²) < 4.78 is 27.9. The Hall–Kier alpha value is -0.0800. The van der Waals surface area contributed by atoms with E-state index in [0.29, 0.717) is 24.0 Å². The third-order valence-electron chi connectivity index (χ3n) is 3.60. The molecule has 1 aliphatic rings. The standard InChI is InChI=1S/C14H24N2O2S3/c1-11(2)15-9-12-13(5-8-19-12)21(17,18)16-10-14(3)6-4-7-20-14/h5,8,11,15-16H,4,6-7,9-10H2,1-3H3. The third kappa shape index (κ3) is 4.69. The maximum absolute atomic E-state index is 12.5. The van der Waals surface area contributed by atoms with Crippen LogP contribution in [0, 0.1) is 0 Å². The molecule has 7 heteroatoms. The molecule has 0 radical (unpaired) electrons. The second-order valence-electron chi connectivity index (χ2n) is 5.97. The maximum Gasteiger partial charge on any atom is 0.241 e. The highest BCUT2D eigenvalue weighted by atomic mass is 32.2. The van der Waals surface area contributed by atoms with Crippen molar-refractivity contribution in [1.29, 1.82) is 0 Å². The van der Waals surface area contributed by atoms with Crippen LogP contribution in [0.2, 0.25) is 0 Å². The first-order chi connectivity index (χ1) is 9.82. The van der Waals surface area contributed by atoms with Crippen molar-refractivity contribution in [3.05, 3.63) is 16.3 Å². The van der Waals surface area contributed by atoms with Gasteiger partial charge < -0.3 is 5.32 Å². The summed E-state index contributed by atoms with van der Waals surface area (Å²) in [6, 6.07) is 2.04. The zero-order valence-corrected chi connectivity index (χ0v) is 15.3. The fourth-order valence-electron chi connectivity index (χ4n) is 2.30. The Morgan fingerprint density at radius 3 is 2.81 bits per heavy atom. The molecule has 120 valence electrons. The molecule has 2 heterocycles. The summed E-state index contributed by atoms with van der Waals surface area (Å²) in [4.78, 5) is 1.30. The Kier molecular flexibility index (Phi) is 5.76. The lowest BCUT2D eigenvalue weighted by molar-refractivity contribution is 0.549. The van der Waals surface area contributed by atoms with Crippen LogP contribution in [0.25, 0.3) is 0 Å². The Bertz CT molecular complexity index is 561. The average Bonchev–Trinajstić information content (AvgIpc) is 3.04. The topological polar surface area (TPSA) is 58.2 Å². The Morgan fingerprint density at radius 2 is 2.19 bits per heavy atom. The lowest BCUT2D eigenvalue weighted by Gasteiger charge is -2.22. The van der Waals surface area contributed by atoms with E-state index in [1.807, 2.05) is 17.1 Å². The van der Waals surface area contributed by atoms with Crippen molar-refractivity contribution < 1.29 is 8.42 Å². The second kappa shape index (κ2) is 7.00. The van der Waals surface area contributed by atoms with E-state index in [-0.39, 0.29) is 4.75 Å². The Morgan fingerprint density at radius 1 is 1.43 bits per heavy atom. The molecular weight excluding hydrogens is 324 g/mol. The minimum absolute atomic E-state index is 0.0411. The molecule has 2 rings (SSSR count). The van der Waals surface area contributed by atoms with Gasteiger partial charge in [0.1, 0.15) is 0 Å². The van der Waals surface area contributed by atoms with Crippen LogP contribution in [0.4, 0.5) is 0 Å². The molecule has 0 bridgehead atoms. The van der Waals surface area contributed by atoms with Gasteiger partial charge in [-0.05, 0) is 37.0 Å². The number of hydrogen-bond acceptors (Lipinski definition) is 5. The van der Waals surface area contributed by atoms with Crippen molar-refractivity contribution in [2.75, 3.05) is 12.3 Å². The first-order valence-electron chi connectivity index (χ1n) is 7.26. The van der Waals surface area contributed by atoms with Crippen LogP contribution in [0.1, 0.15) is 38.5 Å². The van der Waals surface area contributed by atoms with Crippen molar-refractivity contribution in [3.63, 3.8) is 0 Å². The zero-order chi connectivity index (χ0) is 15.5. The van der Waals surface area contributed by atoms with Crippen molar-refractivity contribution in [3.8, 4) is 0 Å². The first kappa shape index (κ1) is 17.3. The molecule has 0 amide bonds. The molecule has 21 heavy (non-hydrogen) atoms. The molecule has 1 saturated heterocycles. The zero-order valence-electron chi connectivity index (χ0n) is 12.8. The molecule has 1 unspecified atom stereocenters. The normalized spacial score (nSPS) is 23.0. The van der Waals surface area contributed by atoms with Gasteiger partial charge in [-0.25, -0.2) is 13.1 Å². The highest BCUT2D eigenvalue weighted by molar-refractivity contribution is 8.01. The summed E-state index contributed by atoms with van der Waals surface area (Å²) >= 11 is 3.35. The predicted molar refractivity (Wildman–Crippen MR) is 91.6 cm³/mol. The Labute approximate surface area is 136 Å². The van der Waals surface area contributed by atoms with E-state index in [1.165, 1.54) is 17.8 Å². The van der Waals surface area contributed by atoms with Crippen LogP contribution >= 0.6 is 23.1 Å². The SMILES string of the molecule is CC(C)NCc1sccc1S(=O)(=O)NCC1(C)CCCS1. The molecule has 1 aromatic rings. The predicted octanol–water partition coefficient (Wildman–Crippen LogP) is 2.81. The van der Waals surface area contributed by atoms with E-state index >= 15 is 0 Å². The van der Waals surface area contributed by atoms with E-state index in [4.69, 9.17) is 0 Å². The van der Waals surface area contributed by atoms with Crippen LogP contribution in [0.15, 0.2) is 16.3 Å². The first-order valence-corrected chi connectivity index (χ1v) is 10.6. The monoisotopic (exact) mass is 348 g/mol. The van der Waals surface area contributed by atoms with Crippen LogP contribution in [0.3, 0.4) is 0 Å². The molecule has 1 fully saturated rings. The fourth-order valence-corrected chi connectivity index (χ4v) is 6.19. The summed E-state index contributed by atoms with van der Waals surface area (Å²) in [7, 11) is -3.41. The highest BCUT2D eigenvalue weighted by Crippen LogP contribution is 2.37. The maximum atomic E-state index is 12.5. The van der Waals surface area contributed by atoms with Gasteiger partial charge in [0.25, 0.3) is 0 Å². The van der Waals surface area contributed by atoms with Gasteiger partial charge in [-0.2, -0.15) is 11.8 Å². The Balaban J connectivity index is 2.04. The molecule has 1 atom stereocenters. The molecule has 1 aromatic heterocycles. The number of thioether (sulfide) groups is 1. The summed E-state index contributed by atoms with van der Waals surface area (Å²) in [6.07, 6.45) is 2.25. The summed E-state index contributed by atoms with van der Waals surface area (Å²) in [5.41, 5.74) is 0. The van der Waals surface area contributed by atoms with Crippen molar-refractivity contribution in [2.24, 2.45) is 0 Å². The highest BCUT2D eigenvalue weighted by Gasteiger charge is 2.31. The fraction of sp³-hybridized carbons (Fsp3) is 0.714. The molecular formula is C14H24N2O2S3. The minimum Gasteiger partial charge on any atom is -0.310 e. The van der Waals surface area contributed by atoms with Gasteiger partial charge >= 0.3 is 0 Å². The summed E-state index contributed by atoms with van der Waals surface area (Å²) in [5, 5.41) is 5.12. The molecule has 1 aliphatic heterocycles. The minimum atomic E-state index is -3.41. The molecule has 0 saturated carbocycles. The van der Waals surface area contributed by atoms with Gasteiger partial charge in [0, 0.05) is 28.8 Å².